The minimum absolute atomic E-state index is 0.188. The van der Waals surface area contributed by atoms with Gasteiger partial charge in [-0.05, 0) is 56.5 Å². The number of aliphatic hydroxyl groups is 1. The predicted octanol–water partition coefficient (Wildman–Crippen LogP) is 3.44. The van der Waals surface area contributed by atoms with Gasteiger partial charge in [-0.15, -0.1) is 0 Å². The number of nitrogens with zero attached hydrogens (tertiary/aromatic N) is 2. The van der Waals surface area contributed by atoms with Gasteiger partial charge >= 0.3 is 0 Å². The van der Waals surface area contributed by atoms with Crippen LogP contribution in [0, 0.1) is 16.7 Å². The Labute approximate surface area is 141 Å². The number of rotatable bonds is 5. The Bertz CT molecular complexity index is 441. The van der Waals surface area contributed by atoms with Gasteiger partial charge in [0.1, 0.15) is 12.7 Å². The van der Waals surface area contributed by atoms with Gasteiger partial charge in [0, 0.05) is 12.0 Å². The Hall–Kier alpha value is -0.610. The van der Waals surface area contributed by atoms with Gasteiger partial charge in [-0.2, -0.15) is 0 Å². The maximum absolute atomic E-state index is 10.2. The molecule has 3 rings (SSSR count). The van der Waals surface area contributed by atoms with E-state index in [0.717, 1.165) is 32.0 Å². The summed E-state index contributed by atoms with van der Waals surface area (Å²) < 4.78 is 0. The summed E-state index contributed by atoms with van der Waals surface area (Å²) in [4.78, 5) is 7.95. The Kier molecular flexibility index (Phi) is 5.03. The largest absolute Gasteiger partial charge is 0.393 e. The van der Waals surface area contributed by atoms with Crippen molar-refractivity contribution >= 4 is 5.71 Å². The highest BCUT2D eigenvalue weighted by Gasteiger charge is 2.60. The van der Waals surface area contributed by atoms with Crippen molar-refractivity contribution in [2.75, 3.05) is 26.2 Å². The molecule has 0 amide bonds. The van der Waals surface area contributed by atoms with E-state index < -0.39 is 6.10 Å². The van der Waals surface area contributed by atoms with Crippen LogP contribution in [0.15, 0.2) is 5.16 Å². The average molecular weight is 322 g/mol. The molecule has 3 fully saturated rings. The molecule has 4 heteroatoms. The number of hydrogen-bond acceptors (Lipinski definition) is 4. The van der Waals surface area contributed by atoms with E-state index in [-0.39, 0.29) is 5.41 Å². The molecule has 3 atom stereocenters. The van der Waals surface area contributed by atoms with Crippen LogP contribution in [0.25, 0.3) is 0 Å². The van der Waals surface area contributed by atoms with Crippen LogP contribution in [0.3, 0.4) is 0 Å². The molecule has 0 spiro atoms. The van der Waals surface area contributed by atoms with Crippen LogP contribution in [0.1, 0.15) is 65.7 Å². The van der Waals surface area contributed by atoms with E-state index in [1.165, 1.54) is 44.2 Å². The van der Waals surface area contributed by atoms with Gasteiger partial charge in [0.25, 0.3) is 0 Å². The molecule has 1 aliphatic heterocycles. The van der Waals surface area contributed by atoms with Gasteiger partial charge in [-0.25, -0.2) is 0 Å². The van der Waals surface area contributed by atoms with Crippen molar-refractivity contribution in [2.24, 2.45) is 21.9 Å². The molecule has 0 radical (unpaired) electrons. The Balaban J connectivity index is 1.47. The van der Waals surface area contributed by atoms with Crippen LogP contribution < -0.4 is 0 Å². The first-order chi connectivity index (χ1) is 10.9. The van der Waals surface area contributed by atoms with Crippen LogP contribution >= 0.6 is 0 Å². The maximum atomic E-state index is 10.2. The highest BCUT2D eigenvalue weighted by atomic mass is 16.6. The summed E-state index contributed by atoms with van der Waals surface area (Å²) in [6, 6.07) is 0. The molecule has 2 bridgehead atoms. The van der Waals surface area contributed by atoms with Gasteiger partial charge in [0.15, 0.2) is 0 Å². The molecular formula is C19H34N2O2. The van der Waals surface area contributed by atoms with E-state index >= 15 is 0 Å². The minimum atomic E-state index is -0.433. The van der Waals surface area contributed by atoms with E-state index in [4.69, 9.17) is 4.84 Å². The fraction of sp³-hybridized carbons (Fsp3) is 0.947. The van der Waals surface area contributed by atoms with E-state index in [0.29, 0.717) is 12.0 Å². The Morgan fingerprint density at radius 3 is 2.48 bits per heavy atom. The second kappa shape index (κ2) is 6.72. The quantitative estimate of drug-likeness (QED) is 0.789. The van der Waals surface area contributed by atoms with Crippen molar-refractivity contribution in [3.8, 4) is 0 Å². The first-order valence-corrected chi connectivity index (χ1v) is 9.53. The SMILES string of the molecule is CC1(C)[C@H]2CC[C@]1(C)/C(=N/OCC(O)CN1CCCCCC1)C2. The average Bonchev–Trinajstić information content (AvgIpc) is 2.75. The lowest BCUT2D eigenvalue weighted by molar-refractivity contribution is 0.0181. The summed E-state index contributed by atoms with van der Waals surface area (Å²) in [5.74, 6) is 0.747. The predicted molar refractivity (Wildman–Crippen MR) is 93.5 cm³/mol. The molecule has 1 unspecified atom stereocenters. The highest BCUT2D eigenvalue weighted by molar-refractivity contribution is 5.93. The molecule has 4 nitrogen and oxygen atoms in total. The molecule has 1 N–H and O–H groups in total. The zero-order valence-electron chi connectivity index (χ0n) is 15.2. The topological polar surface area (TPSA) is 45.1 Å². The van der Waals surface area contributed by atoms with Gasteiger partial charge in [0.2, 0.25) is 0 Å². The summed E-state index contributed by atoms with van der Waals surface area (Å²) in [6.45, 7) is 10.4. The zero-order chi connectivity index (χ0) is 16.5. The summed E-state index contributed by atoms with van der Waals surface area (Å²) in [7, 11) is 0. The minimum Gasteiger partial charge on any atom is -0.393 e. The molecule has 2 aliphatic carbocycles. The van der Waals surface area contributed by atoms with E-state index in [2.05, 4.69) is 30.8 Å². The van der Waals surface area contributed by atoms with Crippen molar-refractivity contribution in [3.05, 3.63) is 0 Å². The Morgan fingerprint density at radius 1 is 1.22 bits per heavy atom. The summed E-state index contributed by atoms with van der Waals surface area (Å²) in [5.41, 5.74) is 1.74. The first-order valence-electron chi connectivity index (χ1n) is 9.53. The lowest BCUT2D eigenvalue weighted by Crippen LogP contribution is -2.35. The maximum Gasteiger partial charge on any atom is 0.144 e. The van der Waals surface area contributed by atoms with Gasteiger partial charge < -0.3 is 14.8 Å². The lowest BCUT2D eigenvalue weighted by atomic mass is 9.70. The second-order valence-corrected chi connectivity index (χ2v) is 8.70. The number of likely N-dealkylation sites (tertiary alicyclic amines) is 1. The zero-order valence-corrected chi connectivity index (χ0v) is 15.2. The van der Waals surface area contributed by atoms with Crippen LogP contribution in [-0.4, -0.2) is 48.1 Å². The smallest absolute Gasteiger partial charge is 0.144 e. The van der Waals surface area contributed by atoms with Crippen molar-refractivity contribution in [3.63, 3.8) is 0 Å². The summed E-state index contributed by atoms with van der Waals surface area (Å²) >= 11 is 0. The summed E-state index contributed by atoms with van der Waals surface area (Å²) in [5, 5.41) is 14.7. The van der Waals surface area contributed by atoms with Crippen molar-refractivity contribution in [1.29, 1.82) is 0 Å². The number of fused-ring (bicyclic) bond motifs is 2. The monoisotopic (exact) mass is 322 g/mol. The normalized spacial score (nSPS) is 37.0. The highest BCUT2D eigenvalue weighted by Crippen LogP contribution is 2.63. The number of aliphatic hydroxyl groups excluding tert-OH is 1. The molecule has 1 heterocycles. The molecule has 0 aromatic rings. The number of hydrogen-bond donors (Lipinski definition) is 1. The Morgan fingerprint density at radius 2 is 1.91 bits per heavy atom. The van der Waals surface area contributed by atoms with Crippen LogP contribution in [0.2, 0.25) is 0 Å². The van der Waals surface area contributed by atoms with E-state index in [9.17, 15) is 5.11 Å². The van der Waals surface area contributed by atoms with Gasteiger partial charge in [-0.3, -0.25) is 0 Å². The molecule has 132 valence electrons. The number of β-amino-alcohol motifs (C(OH)–C–C–N with tert-alkyl or cyclic N) is 1. The molecule has 0 aromatic heterocycles. The van der Waals surface area contributed by atoms with E-state index in [1.54, 1.807) is 0 Å². The lowest BCUT2D eigenvalue weighted by Gasteiger charge is -2.34. The van der Waals surface area contributed by atoms with E-state index in [1.807, 2.05) is 0 Å². The molecule has 2 saturated carbocycles. The molecule has 1 saturated heterocycles. The third-order valence-corrected chi connectivity index (χ3v) is 7.12. The molecular weight excluding hydrogens is 288 g/mol. The van der Waals surface area contributed by atoms with Crippen LogP contribution in [-0.2, 0) is 4.84 Å². The first kappa shape index (κ1) is 17.2. The number of oxime groups is 1. The van der Waals surface area contributed by atoms with Crippen molar-refractivity contribution in [2.45, 2.75) is 71.8 Å². The van der Waals surface area contributed by atoms with Gasteiger partial charge in [0.05, 0.1) is 5.71 Å². The standard InChI is InChI=1S/C19H34N2O2/c1-18(2)15-8-9-19(18,3)17(12-15)20-23-14-16(22)13-21-10-6-4-5-7-11-21/h15-16,22H,4-14H2,1-3H3/b20-17+/t15-,16?,19+/m0/s1. The second-order valence-electron chi connectivity index (χ2n) is 8.70. The molecule has 0 aromatic carbocycles. The van der Waals surface area contributed by atoms with Crippen molar-refractivity contribution in [1.82, 2.24) is 4.90 Å². The van der Waals surface area contributed by atoms with Crippen LogP contribution in [0.5, 0.6) is 0 Å². The molecule has 23 heavy (non-hydrogen) atoms. The third-order valence-electron chi connectivity index (χ3n) is 7.12. The van der Waals surface area contributed by atoms with Gasteiger partial charge in [-0.1, -0.05) is 38.8 Å². The fourth-order valence-corrected chi connectivity index (χ4v) is 4.94. The molecule has 3 aliphatic rings. The van der Waals surface area contributed by atoms with Crippen LogP contribution in [0.4, 0.5) is 0 Å². The summed E-state index contributed by atoms with van der Waals surface area (Å²) in [6.07, 6.45) is 8.35. The fourth-order valence-electron chi connectivity index (χ4n) is 4.94. The third kappa shape index (κ3) is 3.30. The van der Waals surface area contributed by atoms with Crippen molar-refractivity contribution < 1.29 is 9.94 Å².